The average Bonchev–Trinajstić information content (AvgIpc) is 2.20. The molecule has 0 heterocycles. The van der Waals surface area contributed by atoms with Gasteiger partial charge in [-0.3, -0.25) is 4.79 Å². The van der Waals surface area contributed by atoms with Gasteiger partial charge in [-0.05, 0) is 25.7 Å². The van der Waals surface area contributed by atoms with Crippen LogP contribution in [0.3, 0.4) is 0 Å². The molecule has 0 radical (unpaired) electrons. The van der Waals surface area contributed by atoms with E-state index in [0.29, 0.717) is 0 Å². The molecule has 0 aromatic rings. The van der Waals surface area contributed by atoms with Gasteiger partial charge in [-0.25, -0.2) is 4.79 Å². The Kier molecular flexibility index (Phi) is 4.39. The highest BCUT2D eigenvalue weighted by Gasteiger charge is 2.22. The first-order valence-electron chi connectivity index (χ1n) is 5.37. The molecule has 0 unspecified atom stereocenters. The second kappa shape index (κ2) is 5.58. The van der Waals surface area contributed by atoms with Gasteiger partial charge in [-0.15, -0.1) is 0 Å². The predicted molar refractivity (Wildman–Crippen MR) is 57.5 cm³/mol. The molecule has 0 atom stereocenters. The molecule has 5 nitrogen and oxygen atoms in total. The van der Waals surface area contributed by atoms with Crippen LogP contribution in [0.15, 0.2) is 0 Å². The molecule has 1 aliphatic rings. The normalized spacial score (nSPS) is 25.5. The third-order valence-corrected chi connectivity index (χ3v) is 2.70. The van der Waals surface area contributed by atoms with Crippen molar-refractivity contribution in [2.75, 3.05) is 7.05 Å². The molecule has 0 aliphatic heterocycles. The largest absolute Gasteiger partial charge is 0.354 e. The monoisotopic (exact) mass is 213 g/mol. The van der Waals surface area contributed by atoms with E-state index in [2.05, 4.69) is 16.0 Å². The topological polar surface area (TPSA) is 70.2 Å². The van der Waals surface area contributed by atoms with Crippen LogP contribution in [0.1, 0.15) is 32.6 Å². The van der Waals surface area contributed by atoms with Crippen LogP contribution in [0.2, 0.25) is 0 Å². The summed E-state index contributed by atoms with van der Waals surface area (Å²) in [5, 5.41) is 8.32. The van der Waals surface area contributed by atoms with Crippen molar-refractivity contribution in [1.82, 2.24) is 16.0 Å². The quantitative estimate of drug-likeness (QED) is 0.620. The SMILES string of the molecule is CNC(=O)N[C@H]1CC[C@@H](NC(C)=O)CC1. The zero-order valence-electron chi connectivity index (χ0n) is 9.30. The first kappa shape index (κ1) is 11.8. The first-order chi connectivity index (χ1) is 7.11. The van der Waals surface area contributed by atoms with Crippen LogP contribution in [-0.2, 0) is 4.79 Å². The maximum atomic E-state index is 11.0. The summed E-state index contributed by atoms with van der Waals surface area (Å²) in [6, 6.07) is 0.401. The molecule has 1 aliphatic carbocycles. The van der Waals surface area contributed by atoms with E-state index in [4.69, 9.17) is 0 Å². The Morgan fingerprint density at radius 3 is 1.87 bits per heavy atom. The van der Waals surface area contributed by atoms with Gasteiger partial charge in [0.2, 0.25) is 5.91 Å². The zero-order valence-corrected chi connectivity index (χ0v) is 9.30. The number of nitrogens with one attached hydrogen (secondary N) is 3. The minimum Gasteiger partial charge on any atom is -0.354 e. The lowest BCUT2D eigenvalue weighted by Gasteiger charge is -2.29. The maximum Gasteiger partial charge on any atom is 0.314 e. The van der Waals surface area contributed by atoms with Crippen LogP contribution in [0, 0.1) is 0 Å². The summed E-state index contributed by atoms with van der Waals surface area (Å²) in [5.41, 5.74) is 0. The second-order valence-electron chi connectivity index (χ2n) is 3.97. The molecule has 0 saturated heterocycles. The molecular weight excluding hydrogens is 194 g/mol. The van der Waals surface area contributed by atoms with Crippen LogP contribution in [0.5, 0.6) is 0 Å². The van der Waals surface area contributed by atoms with Crippen LogP contribution in [0.25, 0.3) is 0 Å². The van der Waals surface area contributed by atoms with Gasteiger partial charge in [0, 0.05) is 26.1 Å². The summed E-state index contributed by atoms with van der Waals surface area (Å²) >= 11 is 0. The molecule has 1 saturated carbocycles. The Balaban J connectivity index is 2.23. The van der Waals surface area contributed by atoms with Gasteiger partial charge in [-0.2, -0.15) is 0 Å². The van der Waals surface area contributed by atoms with E-state index < -0.39 is 0 Å². The average molecular weight is 213 g/mol. The highest BCUT2D eigenvalue weighted by Crippen LogP contribution is 2.18. The van der Waals surface area contributed by atoms with Crippen LogP contribution in [-0.4, -0.2) is 31.1 Å². The summed E-state index contributed by atoms with van der Waals surface area (Å²) in [5.74, 6) is 0.0257. The van der Waals surface area contributed by atoms with Gasteiger partial charge in [0.1, 0.15) is 0 Å². The van der Waals surface area contributed by atoms with Gasteiger partial charge in [0.15, 0.2) is 0 Å². The molecule has 0 aromatic heterocycles. The Bertz CT molecular complexity index is 235. The third kappa shape index (κ3) is 4.18. The fourth-order valence-corrected chi connectivity index (χ4v) is 1.93. The molecule has 1 fully saturated rings. The Hall–Kier alpha value is -1.26. The highest BCUT2D eigenvalue weighted by molar-refractivity contribution is 5.74. The number of rotatable bonds is 2. The van der Waals surface area contributed by atoms with E-state index in [9.17, 15) is 9.59 Å². The van der Waals surface area contributed by atoms with Crippen molar-refractivity contribution in [3.63, 3.8) is 0 Å². The number of carbonyl (C=O) groups is 2. The number of hydrogen-bond donors (Lipinski definition) is 3. The second-order valence-corrected chi connectivity index (χ2v) is 3.97. The lowest BCUT2D eigenvalue weighted by molar-refractivity contribution is -0.119. The first-order valence-corrected chi connectivity index (χ1v) is 5.37. The van der Waals surface area contributed by atoms with E-state index in [-0.39, 0.29) is 24.0 Å². The molecule has 86 valence electrons. The van der Waals surface area contributed by atoms with Crippen molar-refractivity contribution in [2.24, 2.45) is 0 Å². The highest BCUT2D eigenvalue weighted by atomic mass is 16.2. The molecule has 3 amide bonds. The molecule has 3 N–H and O–H groups in total. The summed E-state index contributed by atoms with van der Waals surface area (Å²) in [4.78, 5) is 21.9. The fourth-order valence-electron chi connectivity index (χ4n) is 1.93. The van der Waals surface area contributed by atoms with Gasteiger partial charge in [0.25, 0.3) is 0 Å². The van der Waals surface area contributed by atoms with E-state index in [0.717, 1.165) is 25.7 Å². The fraction of sp³-hybridized carbons (Fsp3) is 0.800. The Labute approximate surface area is 90.0 Å². The number of urea groups is 1. The minimum atomic E-state index is -0.127. The van der Waals surface area contributed by atoms with Crippen molar-refractivity contribution >= 4 is 11.9 Å². The van der Waals surface area contributed by atoms with E-state index in [1.165, 1.54) is 6.92 Å². The molecule has 15 heavy (non-hydrogen) atoms. The predicted octanol–water partition coefficient (Wildman–Crippen LogP) is 0.363. The lowest BCUT2D eigenvalue weighted by atomic mass is 9.91. The minimum absolute atomic E-state index is 0.0257. The molecule has 1 rings (SSSR count). The summed E-state index contributed by atoms with van der Waals surface area (Å²) < 4.78 is 0. The standard InChI is InChI=1S/C10H19N3O2/c1-7(14)12-8-3-5-9(6-4-8)13-10(15)11-2/h8-9H,3-6H2,1-2H3,(H,12,14)(H2,11,13,15)/t8-,9+. The Morgan fingerprint density at radius 1 is 1.00 bits per heavy atom. The molecule has 0 spiro atoms. The smallest absolute Gasteiger partial charge is 0.314 e. The number of amides is 3. The molecule has 0 bridgehead atoms. The van der Waals surface area contributed by atoms with E-state index in [1.54, 1.807) is 7.05 Å². The van der Waals surface area contributed by atoms with Gasteiger partial charge >= 0.3 is 6.03 Å². The molecular formula is C10H19N3O2. The summed E-state index contributed by atoms with van der Waals surface area (Å²) in [6.45, 7) is 1.54. The van der Waals surface area contributed by atoms with Crippen LogP contribution >= 0.6 is 0 Å². The van der Waals surface area contributed by atoms with E-state index in [1.807, 2.05) is 0 Å². The van der Waals surface area contributed by atoms with Crippen molar-refractivity contribution < 1.29 is 9.59 Å². The lowest BCUT2D eigenvalue weighted by Crippen LogP contribution is -2.45. The summed E-state index contributed by atoms with van der Waals surface area (Å²) in [6.07, 6.45) is 3.74. The van der Waals surface area contributed by atoms with Crippen molar-refractivity contribution in [3.8, 4) is 0 Å². The van der Waals surface area contributed by atoms with Crippen molar-refractivity contribution in [2.45, 2.75) is 44.7 Å². The zero-order chi connectivity index (χ0) is 11.3. The van der Waals surface area contributed by atoms with Crippen molar-refractivity contribution in [1.29, 1.82) is 0 Å². The maximum absolute atomic E-state index is 11.0. The molecule has 0 aromatic carbocycles. The molecule has 5 heteroatoms. The van der Waals surface area contributed by atoms with Gasteiger partial charge in [-0.1, -0.05) is 0 Å². The number of carbonyl (C=O) groups excluding carboxylic acids is 2. The van der Waals surface area contributed by atoms with Gasteiger partial charge < -0.3 is 16.0 Å². The van der Waals surface area contributed by atoms with Gasteiger partial charge in [0.05, 0.1) is 0 Å². The Morgan fingerprint density at radius 2 is 1.47 bits per heavy atom. The van der Waals surface area contributed by atoms with Crippen LogP contribution in [0.4, 0.5) is 4.79 Å². The third-order valence-electron chi connectivity index (χ3n) is 2.70. The number of hydrogen-bond acceptors (Lipinski definition) is 2. The van der Waals surface area contributed by atoms with Crippen molar-refractivity contribution in [3.05, 3.63) is 0 Å². The summed E-state index contributed by atoms with van der Waals surface area (Å²) in [7, 11) is 1.61. The van der Waals surface area contributed by atoms with Crippen LogP contribution < -0.4 is 16.0 Å². The van der Waals surface area contributed by atoms with E-state index >= 15 is 0 Å².